The second-order valence-electron chi connectivity index (χ2n) is 9.31. The van der Waals surface area contributed by atoms with E-state index in [1.54, 1.807) is 19.4 Å². The average molecular weight is 474 g/mol. The quantitative estimate of drug-likeness (QED) is 0.175. The summed E-state index contributed by atoms with van der Waals surface area (Å²) in [5, 5.41) is 5.85. The fourth-order valence-electron chi connectivity index (χ4n) is 4.45. The summed E-state index contributed by atoms with van der Waals surface area (Å²) >= 11 is 0. The Balaban J connectivity index is 2.11. The highest BCUT2D eigenvalue weighted by atomic mass is 16.5. The number of allylic oxidation sites excluding steroid dienone is 2. The third kappa shape index (κ3) is 8.48. The molecule has 0 bridgehead atoms. The number of nitrogens with one attached hydrogen (secondary N) is 3. The van der Waals surface area contributed by atoms with Crippen molar-refractivity contribution < 1.29 is 23.6 Å². The highest BCUT2D eigenvalue weighted by molar-refractivity contribution is 6.03. The second-order valence-corrected chi connectivity index (χ2v) is 9.31. The summed E-state index contributed by atoms with van der Waals surface area (Å²) in [6, 6.07) is 0. The van der Waals surface area contributed by atoms with Gasteiger partial charge in [-0.25, -0.2) is 0 Å². The molecule has 1 aliphatic rings. The van der Waals surface area contributed by atoms with Crippen molar-refractivity contribution in [2.45, 2.75) is 58.8 Å². The monoisotopic (exact) mass is 473 g/mol. The molecule has 0 radical (unpaired) electrons. The summed E-state index contributed by atoms with van der Waals surface area (Å²) in [5.74, 6) is -0.347. The van der Waals surface area contributed by atoms with Crippen LogP contribution in [0.15, 0.2) is 30.7 Å². The Hall–Kier alpha value is -2.87. The maximum atomic E-state index is 13.2. The molecule has 2 amide bonds. The topological polar surface area (TPSA) is 100 Å². The standard InChI is InChI=1S/C26H40N4O4/c1-5-6-12-27-26(33)25-24(21(3)17-28-25)29-23(32)19-30(13-9-7-8-10-14-30)18-22(31)16-20(2)11-15-34-4/h11,15,17H,2,5-10,12-14,16,18-19H2,1,3-4H3,(H2-,27,28,29,32,33)/p+1/b15-11-. The molecule has 0 spiro atoms. The van der Waals surface area contributed by atoms with Crippen LogP contribution in [0.5, 0.6) is 0 Å². The van der Waals surface area contributed by atoms with Gasteiger partial charge in [0, 0.05) is 19.2 Å². The van der Waals surface area contributed by atoms with E-state index in [1.165, 1.54) is 6.26 Å². The van der Waals surface area contributed by atoms with Crippen molar-refractivity contribution in [1.82, 2.24) is 10.3 Å². The van der Waals surface area contributed by atoms with Crippen molar-refractivity contribution in [3.63, 3.8) is 0 Å². The number of aromatic nitrogens is 1. The van der Waals surface area contributed by atoms with Gasteiger partial charge in [0.25, 0.3) is 11.8 Å². The number of aryl methyl sites for hydroxylation is 1. The first-order chi connectivity index (χ1) is 16.3. The lowest BCUT2D eigenvalue weighted by molar-refractivity contribution is -0.912. The number of carbonyl (C=O) groups excluding carboxylic acids is 3. The van der Waals surface area contributed by atoms with Crippen LogP contribution in [0.2, 0.25) is 0 Å². The number of carbonyl (C=O) groups is 3. The van der Waals surface area contributed by atoms with Gasteiger partial charge in [0.1, 0.15) is 12.2 Å². The molecule has 1 saturated heterocycles. The molecule has 8 nitrogen and oxygen atoms in total. The molecule has 2 rings (SSSR count). The van der Waals surface area contributed by atoms with Crippen LogP contribution < -0.4 is 10.6 Å². The number of nitrogens with zero attached hydrogens (tertiary/aromatic N) is 1. The smallest absolute Gasteiger partial charge is 0.279 e. The van der Waals surface area contributed by atoms with E-state index in [0.29, 0.717) is 34.5 Å². The van der Waals surface area contributed by atoms with E-state index < -0.39 is 0 Å². The van der Waals surface area contributed by atoms with Gasteiger partial charge in [0.05, 0.1) is 32.1 Å². The Morgan fingerprint density at radius 2 is 1.88 bits per heavy atom. The molecule has 0 aliphatic carbocycles. The number of ketones is 1. The number of ether oxygens (including phenoxy) is 1. The zero-order valence-electron chi connectivity index (χ0n) is 21.0. The maximum Gasteiger partial charge on any atom is 0.279 e. The van der Waals surface area contributed by atoms with Gasteiger partial charge < -0.3 is 24.8 Å². The summed E-state index contributed by atoms with van der Waals surface area (Å²) in [7, 11) is 1.55. The minimum Gasteiger partial charge on any atom is -0.504 e. The average Bonchev–Trinajstić information content (AvgIpc) is 2.99. The number of hydrogen-bond donors (Lipinski definition) is 3. The largest absolute Gasteiger partial charge is 0.504 e. The number of methoxy groups -OCH3 is 1. The van der Waals surface area contributed by atoms with Gasteiger partial charge in [-0.2, -0.15) is 0 Å². The number of H-pyrrole nitrogens is 1. The van der Waals surface area contributed by atoms with E-state index in [1.807, 2.05) is 6.92 Å². The second kappa shape index (κ2) is 13.7. The van der Waals surface area contributed by atoms with Gasteiger partial charge in [-0.05, 0) is 56.2 Å². The number of quaternary nitrogens is 1. The van der Waals surface area contributed by atoms with Crippen LogP contribution in [0.25, 0.3) is 0 Å². The molecule has 1 aromatic heterocycles. The van der Waals surface area contributed by atoms with Crippen molar-refractivity contribution in [3.8, 4) is 0 Å². The Kier molecular flexibility index (Phi) is 11.1. The van der Waals surface area contributed by atoms with E-state index in [-0.39, 0.29) is 30.6 Å². The number of unbranched alkanes of at least 4 members (excludes halogenated alkanes) is 1. The number of anilines is 1. The first kappa shape index (κ1) is 27.4. The molecule has 188 valence electrons. The zero-order chi connectivity index (χ0) is 25.0. The molecule has 0 saturated carbocycles. The van der Waals surface area contributed by atoms with E-state index in [4.69, 9.17) is 4.74 Å². The first-order valence-corrected chi connectivity index (χ1v) is 12.3. The van der Waals surface area contributed by atoms with E-state index in [2.05, 4.69) is 29.1 Å². The highest BCUT2D eigenvalue weighted by Crippen LogP contribution is 2.23. The number of hydrogen-bond acceptors (Lipinski definition) is 4. The lowest BCUT2D eigenvalue weighted by Gasteiger charge is -2.36. The zero-order valence-corrected chi connectivity index (χ0v) is 21.0. The van der Waals surface area contributed by atoms with Crippen LogP contribution in [0.1, 0.15) is 67.9 Å². The molecule has 34 heavy (non-hydrogen) atoms. The number of Topliss-reactive ketones (excluding diaryl/α,β-unsaturated/α-hetero) is 1. The van der Waals surface area contributed by atoms with Crippen molar-refractivity contribution in [3.05, 3.63) is 41.9 Å². The summed E-state index contributed by atoms with van der Waals surface area (Å²) in [6.45, 7) is 10.5. The SMILES string of the molecule is C=C(/C=C\OC)CC(=O)C[N+]1(CC(=O)Nc2c(C)c[nH]c2C(=O)NCCCC)CCCCCC1. The Bertz CT molecular complexity index is 879. The lowest BCUT2D eigenvalue weighted by atomic mass is 10.1. The third-order valence-corrected chi connectivity index (χ3v) is 6.25. The van der Waals surface area contributed by atoms with Crippen LogP contribution in [-0.2, 0) is 14.3 Å². The van der Waals surface area contributed by atoms with Gasteiger partial charge in [-0.1, -0.05) is 19.9 Å². The lowest BCUT2D eigenvalue weighted by Crippen LogP contribution is -2.55. The normalized spacial score (nSPS) is 15.5. The predicted molar refractivity (Wildman–Crippen MR) is 135 cm³/mol. The minimum absolute atomic E-state index is 0.0641. The summed E-state index contributed by atoms with van der Waals surface area (Å²) in [4.78, 5) is 41.7. The Morgan fingerprint density at radius 1 is 1.18 bits per heavy atom. The van der Waals surface area contributed by atoms with Crippen molar-refractivity contribution >= 4 is 23.3 Å². The third-order valence-electron chi connectivity index (χ3n) is 6.25. The van der Waals surface area contributed by atoms with Gasteiger partial charge in [-0.15, -0.1) is 0 Å². The minimum atomic E-state index is -0.228. The van der Waals surface area contributed by atoms with Crippen LogP contribution in [0.4, 0.5) is 5.69 Å². The van der Waals surface area contributed by atoms with Crippen molar-refractivity contribution in [2.24, 2.45) is 0 Å². The predicted octanol–water partition coefficient (Wildman–Crippen LogP) is 3.86. The molecular formula is C26H41N4O4+. The molecule has 0 aromatic carbocycles. The summed E-state index contributed by atoms with van der Waals surface area (Å²) < 4.78 is 5.34. The van der Waals surface area contributed by atoms with Crippen molar-refractivity contribution in [1.29, 1.82) is 0 Å². The molecule has 1 fully saturated rings. The van der Waals surface area contributed by atoms with Gasteiger partial charge in [0.2, 0.25) is 0 Å². The van der Waals surface area contributed by atoms with Crippen LogP contribution in [-0.4, -0.2) is 66.9 Å². The maximum absolute atomic E-state index is 13.2. The van der Waals surface area contributed by atoms with Gasteiger partial charge in [-0.3, -0.25) is 14.4 Å². The highest BCUT2D eigenvalue weighted by Gasteiger charge is 2.34. The number of likely N-dealkylation sites (tertiary alicyclic amines) is 1. The molecule has 0 unspecified atom stereocenters. The molecule has 1 aliphatic heterocycles. The Labute approximate surface area is 203 Å². The fourth-order valence-corrected chi connectivity index (χ4v) is 4.45. The number of rotatable bonds is 13. The van der Waals surface area contributed by atoms with Crippen LogP contribution >= 0.6 is 0 Å². The molecule has 0 atom stereocenters. The molecular weight excluding hydrogens is 432 g/mol. The number of aromatic amines is 1. The van der Waals surface area contributed by atoms with E-state index >= 15 is 0 Å². The Morgan fingerprint density at radius 3 is 2.53 bits per heavy atom. The molecule has 8 heteroatoms. The van der Waals surface area contributed by atoms with Gasteiger partial charge >= 0.3 is 0 Å². The molecule has 3 N–H and O–H groups in total. The van der Waals surface area contributed by atoms with Gasteiger partial charge in [0.15, 0.2) is 12.3 Å². The first-order valence-electron chi connectivity index (χ1n) is 12.3. The summed E-state index contributed by atoms with van der Waals surface area (Å²) in [5.41, 5.74) is 2.36. The van der Waals surface area contributed by atoms with E-state index in [0.717, 1.165) is 57.2 Å². The number of amides is 2. The molecule has 1 aromatic rings. The summed E-state index contributed by atoms with van der Waals surface area (Å²) in [6.07, 6.45) is 11.2. The molecule has 2 heterocycles. The van der Waals surface area contributed by atoms with Crippen LogP contribution in [0.3, 0.4) is 0 Å². The van der Waals surface area contributed by atoms with Crippen molar-refractivity contribution in [2.75, 3.05) is 45.2 Å². The van der Waals surface area contributed by atoms with Crippen LogP contribution in [0, 0.1) is 6.92 Å². The fraction of sp³-hybridized carbons (Fsp3) is 0.577. The van der Waals surface area contributed by atoms with E-state index in [9.17, 15) is 14.4 Å².